The molecular formula is C16H10F3N3O2. The van der Waals surface area contributed by atoms with Crippen molar-refractivity contribution in [2.24, 2.45) is 0 Å². The number of hydrogen-bond acceptors (Lipinski definition) is 5. The van der Waals surface area contributed by atoms with E-state index in [9.17, 15) is 18.0 Å². The van der Waals surface area contributed by atoms with E-state index in [0.717, 1.165) is 24.3 Å². The Morgan fingerprint density at radius 3 is 2.46 bits per heavy atom. The average Bonchev–Trinajstić information content (AvgIpc) is 2.55. The van der Waals surface area contributed by atoms with Gasteiger partial charge in [-0.2, -0.15) is 5.26 Å². The van der Waals surface area contributed by atoms with E-state index in [2.05, 4.69) is 15.0 Å². The van der Waals surface area contributed by atoms with Crippen LogP contribution in [0.2, 0.25) is 0 Å². The Balaban J connectivity index is 2.12. The minimum atomic E-state index is -4.81. The summed E-state index contributed by atoms with van der Waals surface area (Å²) in [6.45, 7) is 0. The number of alkyl halides is 3. The number of nitrogens with zero attached hydrogens (tertiary/aromatic N) is 2. The summed E-state index contributed by atoms with van der Waals surface area (Å²) in [7, 11) is 0. The number of Topliss-reactive ketones (excluding diaryl/α,β-unsaturated/α-hetero) is 1. The fourth-order valence-corrected chi connectivity index (χ4v) is 1.71. The van der Waals surface area contributed by atoms with E-state index in [1.165, 1.54) is 12.4 Å². The van der Waals surface area contributed by atoms with Crippen LogP contribution in [0.5, 0.6) is 5.75 Å². The highest BCUT2D eigenvalue weighted by Gasteiger charge is 2.31. The minimum absolute atomic E-state index is 0.0557. The van der Waals surface area contributed by atoms with Crippen molar-refractivity contribution in [3.63, 3.8) is 0 Å². The molecule has 24 heavy (non-hydrogen) atoms. The molecule has 0 radical (unpaired) electrons. The molecule has 0 atom stereocenters. The highest BCUT2D eigenvalue weighted by molar-refractivity contribution is 6.11. The second kappa shape index (κ2) is 7.28. The first-order valence-electron chi connectivity index (χ1n) is 6.57. The number of hydrogen-bond donors (Lipinski definition) is 1. The molecule has 0 aliphatic carbocycles. The maximum absolute atomic E-state index is 12.2. The smallest absolute Gasteiger partial charge is 0.406 e. The molecule has 0 unspecified atom stereocenters. The Hall–Kier alpha value is -3.34. The fourth-order valence-electron chi connectivity index (χ4n) is 1.71. The van der Waals surface area contributed by atoms with Crippen LogP contribution in [0.1, 0.15) is 10.4 Å². The zero-order chi connectivity index (χ0) is 17.6. The van der Waals surface area contributed by atoms with Crippen molar-refractivity contribution in [2.45, 2.75) is 6.36 Å². The van der Waals surface area contributed by atoms with Gasteiger partial charge in [-0.15, -0.1) is 13.2 Å². The largest absolute Gasteiger partial charge is 0.573 e. The summed E-state index contributed by atoms with van der Waals surface area (Å²) < 4.78 is 40.0. The lowest BCUT2D eigenvalue weighted by atomic mass is 10.1. The average molecular weight is 333 g/mol. The van der Waals surface area contributed by atoms with Gasteiger partial charge in [0.05, 0.1) is 0 Å². The number of allylic oxidation sites excluding steroid dienone is 1. The number of carbonyl (C=O) groups is 1. The number of benzene rings is 1. The molecule has 0 bridgehead atoms. The normalized spacial score (nSPS) is 11.5. The van der Waals surface area contributed by atoms with Crippen LogP contribution in [0.25, 0.3) is 0 Å². The van der Waals surface area contributed by atoms with Crippen LogP contribution in [0.4, 0.5) is 19.0 Å². The number of nitriles is 1. The molecule has 0 fully saturated rings. The quantitative estimate of drug-likeness (QED) is 0.513. The van der Waals surface area contributed by atoms with Crippen molar-refractivity contribution >= 4 is 11.6 Å². The zero-order valence-corrected chi connectivity index (χ0v) is 12.0. The third-order valence-electron chi connectivity index (χ3n) is 2.74. The van der Waals surface area contributed by atoms with Crippen molar-refractivity contribution < 1.29 is 22.7 Å². The molecule has 122 valence electrons. The van der Waals surface area contributed by atoms with E-state index in [4.69, 9.17) is 5.26 Å². The predicted molar refractivity (Wildman–Crippen MR) is 79.0 cm³/mol. The number of anilines is 1. The van der Waals surface area contributed by atoms with Gasteiger partial charge in [0.2, 0.25) is 5.78 Å². The lowest BCUT2D eigenvalue weighted by Crippen LogP contribution is -2.17. The standard InChI is InChI=1S/C16H10F3N3O2/c17-16(18,19)24-13-6-4-11(5-7-13)15(23)12(9-20)10-22-14-3-1-2-8-21-14/h1-8,10H,(H,21,22)/b12-10+. The summed E-state index contributed by atoms with van der Waals surface area (Å²) in [6.07, 6.45) is -2.09. The van der Waals surface area contributed by atoms with Crippen molar-refractivity contribution in [3.05, 3.63) is 66.0 Å². The summed E-state index contributed by atoms with van der Waals surface area (Å²) in [6, 6.07) is 11.1. The van der Waals surface area contributed by atoms with Crippen LogP contribution in [0, 0.1) is 11.3 Å². The third-order valence-corrected chi connectivity index (χ3v) is 2.74. The monoisotopic (exact) mass is 333 g/mol. The number of carbonyl (C=O) groups excluding carboxylic acids is 1. The number of pyridine rings is 1. The first-order chi connectivity index (χ1) is 11.4. The van der Waals surface area contributed by atoms with Gasteiger partial charge in [-0.25, -0.2) is 4.98 Å². The van der Waals surface area contributed by atoms with Gasteiger partial charge in [-0.1, -0.05) is 6.07 Å². The summed E-state index contributed by atoms with van der Waals surface area (Å²) in [5.41, 5.74) is -0.162. The topological polar surface area (TPSA) is 75.0 Å². The van der Waals surface area contributed by atoms with Crippen LogP contribution in [0.3, 0.4) is 0 Å². The number of aromatic nitrogens is 1. The number of ketones is 1. The molecule has 0 aliphatic rings. The molecule has 1 heterocycles. The first-order valence-corrected chi connectivity index (χ1v) is 6.57. The van der Waals surface area contributed by atoms with Crippen molar-refractivity contribution in [1.82, 2.24) is 4.98 Å². The molecule has 2 rings (SSSR count). The van der Waals surface area contributed by atoms with Gasteiger partial charge in [0.15, 0.2) is 0 Å². The van der Waals surface area contributed by atoms with Gasteiger partial charge < -0.3 is 10.1 Å². The Morgan fingerprint density at radius 2 is 1.92 bits per heavy atom. The van der Waals surface area contributed by atoms with Gasteiger partial charge in [-0.05, 0) is 36.4 Å². The summed E-state index contributed by atoms with van der Waals surface area (Å²) in [5, 5.41) is 11.8. The molecule has 2 aromatic rings. The summed E-state index contributed by atoms with van der Waals surface area (Å²) in [4.78, 5) is 16.1. The number of rotatable bonds is 5. The molecule has 1 aromatic carbocycles. The SMILES string of the molecule is N#C/C(=C\Nc1ccccn1)C(=O)c1ccc(OC(F)(F)F)cc1. The van der Waals surface area contributed by atoms with Crippen LogP contribution < -0.4 is 10.1 Å². The fraction of sp³-hybridized carbons (Fsp3) is 0.0625. The van der Waals surface area contributed by atoms with Gasteiger partial charge in [-0.3, -0.25) is 4.79 Å². The van der Waals surface area contributed by atoms with Crippen LogP contribution in [-0.2, 0) is 0 Å². The Morgan fingerprint density at radius 1 is 1.21 bits per heavy atom. The lowest BCUT2D eigenvalue weighted by Gasteiger charge is -2.08. The molecular weight excluding hydrogens is 323 g/mol. The van der Waals surface area contributed by atoms with E-state index in [1.54, 1.807) is 24.3 Å². The van der Waals surface area contributed by atoms with E-state index >= 15 is 0 Å². The number of halogens is 3. The Bertz CT molecular complexity index is 779. The molecule has 8 heteroatoms. The Kier molecular flexibility index (Phi) is 5.16. The predicted octanol–water partition coefficient (Wildman–Crippen LogP) is 3.68. The van der Waals surface area contributed by atoms with E-state index in [0.29, 0.717) is 5.82 Å². The molecule has 0 amide bonds. The molecule has 1 aromatic heterocycles. The van der Waals surface area contributed by atoms with Gasteiger partial charge >= 0.3 is 6.36 Å². The first kappa shape index (κ1) is 17.0. The zero-order valence-electron chi connectivity index (χ0n) is 12.0. The van der Waals surface area contributed by atoms with Crippen LogP contribution in [-0.4, -0.2) is 17.1 Å². The van der Waals surface area contributed by atoms with Crippen molar-refractivity contribution in [2.75, 3.05) is 5.32 Å². The van der Waals surface area contributed by atoms with Crippen molar-refractivity contribution in [1.29, 1.82) is 5.26 Å². The van der Waals surface area contributed by atoms with E-state index in [1.807, 2.05) is 0 Å². The molecule has 0 spiro atoms. The Labute approximate surface area is 135 Å². The van der Waals surface area contributed by atoms with E-state index < -0.39 is 17.9 Å². The highest BCUT2D eigenvalue weighted by atomic mass is 19.4. The molecule has 0 saturated carbocycles. The maximum atomic E-state index is 12.2. The minimum Gasteiger partial charge on any atom is -0.406 e. The van der Waals surface area contributed by atoms with Gasteiger partial charge in [0.1, 0.15) is 23.2 Å². The van der Waals surface area contributed by atoms with E-state index in [-0.39, 0.29) is 11.1 Å². The third kappa shape index (κ3) is 4.84. The summed E-state index contributed by atoms with van der Waals surface area (Å²) >= 11 is 0. The van der Waals surface area contributed by atoms with Crippen LogP contribution in [0.15, 0.2) is 60.4 Å². The second-order valence-electron chi connectivity index (χ2n) is 4.43. The number of ether oxygens (including phenoxy) is 1. The number of nitrogens with one attached hydrogen (secondary N) is 1. The molecule has 0 aliphatic heterocycles. The van der Waals surface area contributed by atoms with Gasteiger partial charge in [0.25, 0.3) is 0 Å². The lowest BCUT2D eigenvalue weighted by molar-refractivity contribution is -0.274. The maximum Gasteiger partial charge on any atom is 0.573 e. The van der Waals surface area contributed by atoms with Crippen molar-refractivity contribution in [3.8, 4) is 11.8 Å². The molecule has 0 saturated heterocycles. The van der Waals surface area contributed by atoms with Gasteiger partial charge in [0, 0.05) is 18.0 Å². The second-order valence-corrected chi connectivity index (χ2v) is 4.43. The molecule has 5 nitrogen and oxygen atoms in total. The summed E-state index contributed by atoms with van der Waals surface area (Å²) in [5.74, 6) is -0.653. The highest BCUT2D eigenvalue weighted by Crippen LogP contribution is 2.23. The van der Waals surface area contributed by atoms with Crippen LogP contribution >= 0.6 is 0 Å². The molecule has 1 N–H and O–H groups in total.